The van der Waals surface area contributed by atoms with E-state index in [0.717, 1.165) is 35.5 Å². The summed E-state index contributed by atoms with van der Waals surface area (Å²) < 4.78 is 13.0. The maximum atomic E-state index is 13.0. The molecule has 5 nitrogen and oxygen atoms in total. The summed E-state index contributed by atoms with van der Waals surface area (Å²) in [6.45, 7) is 4.65. The molecular formula is C21H24FN3O2. The van der Waals surface area contributed by atoms with E-state index in [9.17, 15) is 14.0 Å². The molecule has 2 N–H and O–H groups in total. The van der Waals surface area contributed by atoms with Crippen LogP contribution in [0.25, 0.3) is 0 Å². The van der Waals surface area contributed by atoms with E-state index in [2.05, 4.69) is 10.6 Å². The van der Waals surface area contributed by atoms with Gasteiger partial charge in [-0.1, -0.05) is 18.2 Å². The first-order valence-electron chi connectivity index (χ1n) is 9.14. The monoisotopic (exact) mass is 369 g/mol. The fraction of sp³-hybridized carbons (Fsp3) is 0.333. The standard InChI is InChI=1S/C21H24FN3O2/c1-14-18(5-3-6-19(14)25-12-4-7-21(25)27)23-13-20(26)24-15(2)16-8-10-17(22)11-9-16/h3,5-6,8-11,15,23H,4,7,12-13H2,1-2H3,(H,24,26). The molecule has 0 radical (unpaired) electrons. The molecule has 0 bridgehead atoms. The van der Waals surface area contributed by atoms with Gasteiger partial charge in [0.1, 0.15) is 5.82 Å². The number of carbonyl (C=O) groups excluding carboxylic acids is 2. The summed E-state index contributed by atoms with van der Waals surface area (Å²) in [6, 6.07) is 11.6. The Hall–Kier alpha value is -2.89. The first-order chi connectivity index (χ1) is 13.0. The molecule has 1 saturated heterocycles. The highest BCUT2D eigenvalue weighted by Gasteiger charge is 2.23. The summed E-state index contributed by atoms with van der Waals surface area (Å²) in [7, 11) is 0. The summed E-state index contributed by atoms with van der Waals surface area (Å²) in [5.41, 5.74) is 3.52. The molecule has 1 atom stereocenters. The lowest BCUT2D eigenvalue weighted by Gasteiger charge is -2.21. The molecule has 2 aromatic carbocycles. The van der Waals surface area contributed by atoms with Crippen LogP contribution >= 0.6 is 0 Å². The van der Waals surface area contributed by atoms with Gasteiger partial charge in [-0.2, -0.15) is 0 Å². The van der Waals surface area contributed by atoms with Gasteiger partial charge in [-0.15, -0.1) is 0 Å². The molecule has 1 fully saturated rings. The van der Waals surface area contributed by atoms with Crippen molar-refractivity contribution in [1.82, 2.24) is 5.32 Å². The number of anilines is 2. The molecule has 142 valence electrons. The summed E-state index contributed by atoms with van der Waals surface area (Å²) in [4.78, 5) is 26.1. The number of rotatable bonds is 6. The number of halogens is 1. The van der Waals surface area contributed by atoms with Crippen molar-refractivity contribution in [3.05, 3.63) is 59.4 Å². The van der Waals surface area contributed by atoms with E-state index in [1.807, 2.05) is 32.0 Å². The lowest BCUT2D eigenvalue weighted by Crippen LogP contribution is -2.32. The Morgan fingerprint density at radius 3 is 2.63 bits per heavy atom. The number of amides is 2. The molecule has 1 unspecified atom stereocenters. The van der Waals surface area contributed by atoms with Gasteiger partial charge in [0.15, 0.2) is 0 Å². The minimum atomic E-state index is -0.300. The van der Waals surface area contributed by atoms with Crippen molar-refractivity contribution in [2.45, 2.75) is 32.7 Å². The zero-order valence-corrected chi connectivity index (χ0v) is 15.6. The van der Waals surface area contributed by atoms with E-state index in [0.29, 0.717) is 6.42 Å². The molecule has 2 amide bonds. The molecular weight excluding hydrogens is 345 g/mol. The summed E-state index contributed by atoms with van der Waals surface area (Å²) in [6.07, 6.45) is 1.46. The third kappa shape index (κ3) is 4.45. The number of hydrogen-bond acceptors (Lipinski definition) is 3. The lowest BCUT2D eigenvalue weighted by atomic mass is 10.1. The number of nitrogens with zero attached hydrogens (tertiary/aromatic N) is 1. The number of benzene rings is 2. The Kier molecular flexibility index (Phi) is 5.74. The van der Waals surface area contributed by atoms with Gasteiger partial charge in [-0.25, -0.2) is 4.39 Å². The number of carbonyl (C=O) groups is 2. The molecule has 1 aliphatic heterocycles. The highest BCUT2D eigenvalue weighted by molar-refractivity contribution is 5.97. The van der Waals surface area contributed by atoms with Crippen LogP contribution in [0, 0.1) is 12.7 Å². The van der Waals surface area contributed by atoms with Gasteiger partial charge < -0.3 is 15.5 Å². The molecule has 2 aromatic rings. The fourth-order valence-corrected chi connectivity index (χ4v) is 3.31. The molecule has 0 aliphatic carbocycles. The number of hydrogen-bond donors (Lipinski definition) is 2. The van der Waals surface area contributed by atoms with Gasteiger partial charge in [0.25, 0.3) is 0 Å². The Labute approximate surface area is 158 Å². The van der Waals surface area contributed by atoms with Gasteiger partial charge in [0.2, 0.25) is 11.8 Å². The highest BCUT2D eigenvalue weighted by atomic mass is 19.1. The lowest BCUT2D eigenvalue weighted by molar-refractivity contribution is -0.120. The van der Waals surface area contributed by atoms with Crippen molar-refractivity contribution < 1.29 is 14.0 Å². The van der Waals surface area contributed by atoms with Gasteiger partial charge >= 0.3 is 0 Å². The fourth-order valence-electron chi connectivity index (χ4n) is 3.31. The molecule has 1 heterocycles. The average molecular weight is 369 g/mol. The summed E-state index contributed by atoms with van der Waals surface area (Å²) in [5.74, 6) is -0.319. The molecule has 0 aromatic heterocycles. The summed E-state index contributed by atoms with van der Waals surface area (Å²) >= 11 is 0. The average Bonchev–Trinajstić information content (AvgIpc) is 3.07. The van der Waals surface area contributed by atoms with Gasteiger partial charge in [-0.05, 0) is 55.7 Å². The molecule has 6 heteroatoms. The topological polar surface area (TPSA) is 61.4 Å². The largest absolute Gasteiger partial charge is 0.376 e. The Morgan fingerprint density at radius 1 is 1.22 bits per heavy atom. The van der Waals surface area contributed by atoms with Crippen molar-refractivity contribution in [2.75, 3.05) is 23.3 Å². The van der Waals surface area contributed by atoms with Crippen LogP contribution in [-0.2, 0) is 9.59 Å². The summed E-state index contributed by atoms with van der Waals surface area (Å²) in [5, 5.41) is 6.04. The zero-order valence-electron chi connectivity index (χ0n) is 15.6. The van der Waals surface area contributed by atoms with Crippen molar-refractivity contribution in [2.24, 2.45) is 0 Å². The second-order valence-corrected chi connectivity index (χ2v) is 6.79. The Bertz CT molecular complexity index is 836. The number of nitrogens with one attached hydrogen (secondary N) is 2. The Balaban J connectivity index is 1.60. The van der Waals surface area contributed by atoms with Crippen LogP contribution in [0.5, 0.6) is 0 Å². The van der Waals surface area contributed by atoms with Crippen molar-refractivity contribution in [3.63, 3.8) is 0 Å². The Morgan fingerprint density at radius 2 is 1.96 bits per heavy atom. The van der Waals surface area contributed by atoms with E-state index >= 15 is 0 Å². The third-order valence-electron chi connectivity index (χ3n) is 4.86. The first kappa shape index (κ1) is 18.9. The van der Waals surface area contributed by atoms with E-state index in [-0.39, 0.29) is 30.2 Å². The van der Waals surface area contributed by atoms with E-state index < -0.39 is 0 Å². The van der Waals surface area contributed by atoms with Gasteiger partial charge in [0, 0.05) is 24.3 Å². The quantitative estimate of drug-likeness (QED) is 0.819. The predicted molar refractivity (Wildman–Crippen MR) is 104 cm³/mol. The van der Waals surface area contributed by atoms with E-state index in [1.165, 1.54) is 12.1 Å². The van der Waals surface area contributed by atoms with Crippen LogP contribution in [0.15, 0.2) is 42.5 Å². The van der Waals surface area contributed by atoms with E-state index in [4.69, 9.17) is 0 Å². The van der Waals surface area contributed by atoms with Crippen LogP contribution in [0.3, 0.4) is 0 Å². The van der Waals surface area contributed by atoms with Gasteiger partial charge in [0.05, 0.1) is 12.6 Å². The minimum absolute atomic E-state index is 0.115. The molecule has 27 heavy (non-hydrogen) atoms. The second-order valence-electron chi connectivity index (χ2n) is 6.79. The highest BCUT2D eigenvalue weighted by Crippen LogP contribution is 2.29. The molecule has 1 aliphatic rings. The van der Waals surface area contributed by atoms with Crippen molar-refractivity contribution in [3.8, 4) is 0 Å². The van der Waals surface area contributed by atoms with Crippen molar-refractivity contribution >= 4 is 23.2 Å². The maximum Gasteiger partial charge on any atom is 0.239 e. The van der Waals surface area contributed by atoms with Crippen LogP contribution in [0.1, 0.15) is 36.9 Å². The minimum Gasteiger partial charge on any atom is -0.376 e. The molecule has 0 saturated carbocycles. The normalized spacial score (nSPS) is 14.9. The molecule has 0 spiro atoms. The smallest absolute Gasteiger partial charge is 0.239 e. The van der Waals surface area contributed by atoms with Gasteiger partial charge in [-0.3, -0.25) is 9.59 Å². The zero-order chi connectivity index (χ0) is 19.4. The third-order valence-corrected chi connectivity index (χ3v) is 4.86. The first-order valence-corrected chi connectivity index (χ1v) is 9.14. The van der Waals surface area contributed by atoms with Crippen LogP contribution < -0.4 is 15.5 Å². The van der Waals surface area contributed by atoms with E-state index in [1.54, 1.807) is 17.0 Å². The van der Waals surface area contributed by atoms with Crippen LogP contribution in [0.2, 0.25) is 0 Å². The molecule has 3 rings (SSSR count). The predicted octanol–water partition coefficient (Wildman–Crippen LogP) is 3.55. The SMILES string of the molecule is Cc1c(NCC(=O)NC(C)c2ccc(F)cc2)cccc1N1CCCC1=O. The maximum absolute atomic E-state index is 13.0. The van der Waals surface area contributed by atoms with Crippen LogP contribution in [0.4, 0.5) is 15.8 Å². The van der Waals surface area contributed by atoms with Crippen LogP contribution in [-0.4, -0.2) is 24.9 Å². The second kappa shape index (κ2) is 8.20. The van der Waals surface area contributed by atoms with Crippen molar-refractivity contribution in [1.29, 1.82) is 0 Å².